The summed E-state index contributed by atoms with van der Waals surface area (Å²) in [6, 6.07) is -0.958. The SMILES string of the molecule is CC[C@H]([NH2+][C@H]1C=CS(=O)(=O)C1)C(=O)[O-]. The summed E-state index contributed by atoms with van der Waals surface area (Å²) in [5.41, 5.74) is 0. The Hall–Kier alpha value is -0.880. The van der Waals surface area contributed by atoms with E-state index in [1.807, 2.05) is 0 Å². The third kappa shape index (κ3) is 2.81. The average molecular weight is 219 g/mol. The number of carboxylic acids is 1. The van der Waals surface area contributed by atoms with Gasteiger partial charge < -0.3 is 15.2 Å². The van der Waals surface area contributed by atoms with Gasteiger partial charge in [-0.15, -0.1) is 0 Å². The van der Waals surface area contributed by atoms with Gasteiger partial charge in [0.15, 0.2) is 9.84 Å². The molecule has 0 radical (unpaired) electrons. The molecule has 1 aliphatic rings. The highest BCUT2D eigenvalue weighted by molar-refractivity contribution is 7.94. The fraction of sp³-hybridized carbons (Fsp3) is 0.625. The Bertz CT molecular complexity index is 346. The van der Waals surface area contributed by atoms with Crippen molar-refractivity contribution in [3.8, 4) is 0 Å². The summed E-state index contributed by atoms with van der Waals surface area (Å²) in [5.74, 6) is -1.17. The summed E-state index contributed by atoms with van der Waals surface area (Å²) < 4.78 is 22.0. The molecule has 0 bridgehead atoms. The van der Waals surface area contributed by atoms with Gasteiger partial charge in [0.05, 0.1) is 5.97 Å². The molecule has 0 unspecified atom stereocenters. The molecule has 2 atom stereocenters. The molecule has 2 N–H and O–H groups in total. The summed E-state index contributed by atoms with van der Waals surface area (Å²) in [6.45, 7) is 1.73. The maximum atomic E-state index is 11.0. The molecule has 80 valence electrons. The molecule has 1 rings (SSSR count). The summed E-state index contributed by atoms with van der Waals surface area (Å²) >= 11 is 0. The normalized spacial score (nSPS) is 26.2. The van der Waals surface area contributed by atoms with Gasteiger partial charge in [-0.2, -0.15) is 0 Å². The number of sulfone groups is 1. The second kappa shape index (κ2) is 4.10. The minimum absolute atomic E-state index is 0.0171. The summed E-state index contributed by atoms with van der Waals surface area (Å²) in [6.07, 6.45) is 1.94. The van der Waals surface area contributed by atoms with Crippen molar-refractivity contribution in [1.82, 2.24) is 0 Å². The van der Waals surface area contributed by atoms with Crippen LogP contribution < -0.4 is 10.4 Å². The number of carbonyl (C=O) groups is 1. The topological polar surface area (TPSA) is 90.9 Å². The number of rotatable bonds is 4. The third-order valence-corrected chi connectivity index (χ3v) is 3.60. The van der Waals surface area contributed by atoms with Crippen LogP contribution in [0.15, 0.2) is 11.5 Å². The lowest BCUT2D eigenvalue weighted by atomic mass is 10.2. The standard InChI is InChI=1S/C8H13NO4S/c1-2-7(8(10)11)9-6-3-4-14(12,13)5-6/h3-4,6-7,9H,2,5H2,1H3,(H,10,11)/t6-,7-/m0/s1. The van der Waals surface area contributed by atoms with Gasteiger partial charge in [-0.05, 0) is 6.08 Å². The van der Waals surface area contributed by atoms with E-state index in [1.54, 1.807) is 6.92 Å². The number of carbonyl (C=O) groups excluding carboxylic acids is 1. The van der Waals surface area contributed by atoms with Crippen LogP contribution in [-0.2, 0) is 14.6 Å². The summed E-state index contributed by atoms with van der Waals surface area (Å²) in [5, 5.41) is 13.2. The quantitative estimate of drug-likeness (QED) is 0.561. The van der Waals surface area contributed by atoms with Gasteiger partial charge in [-0.25, -0.2) is 8.42 Å². The number of aliphatic carboxylic acids is 1. The molecule has 0 aromatic heterocycles. The van der Waals surface area contributed by atoms with Crippen LogP contribution in [0.5, 0.6) is 0 Å². The van der Waals surface area contributed by atoms with E-state index in [2.05, 4.69) is 0 Å². The Labute approximate surface area is 82.7 Å². The van der Waals surface area contributed by atoms with Crippen molar-refractivity contribution in [1.29, 1.82) is 0 Å². The van der Waals surface area contributed by atoms with Crippen LogP contribution in [0.1, 0.15) is 13.3 Å². The third-order valence-electron chi connectivity index (χ3n) is 2.18. The Morgan fingerprint density at radius 3 is 2.71 bits per heavy atom. The van der Waals surface area contributed by atoms with Crippen LogP contribution >= 0.6 is 0 Å². The molecule has 14 heavy (non-hydrogen) atoms. The van der Waals surface area contributed by atoms with Gasteiger partial charge in [0.25, 0.3) is 0 Å². The number of hydrogen-bond acceptors (Lipinski definition) is 4. The summed E-state index contributed by atoms with van der Waals surface area (Å²) in [4.78, 5) is 10.6. The smallest absolute Gasteiger partial charge is 0.177 e. The molecule has 6 heteroatoms. The van der Waals surface area contributed by atoms with Crippen molar-refractivity contribution < 1.29 is 23.6 Å². The first-order valence-corrected chi connectivity index (χ1v) is 6.13. The molecule has 0 aromatic carbocycles. The van der Waals surface area contributed by atoms with Gasteiger partial charge in [0, 0.05) is 11.8 Å². The van der Waals surface area contributed by atoms with Crippen molar-refractivity contribution in [3.05, 3.63) is 11.5 Å². The van der Waals surface area contributed by atoms with Crippen LogP contribution in [0.2, 0.25) is 0 Å². The number of quaternary nitrogens is 1. The lowest BCUT2D eigenvalue weighted by Gasteiger charge is -2.17. The molecule has 5 nitrogen and oxygen atoms in total. The largest absolute Gasteiger partial charge is 0.544 e. The van der Waals surface area contributed by atoms with E-state index in [0.29, 0.717) is 6.42 Å². The first-order valence-electron chi connectivity index (χ1n) is 4.41. The van der Waals surface area contributed by atoms with Gasteiger partial charge >= 0.3 is 0 Å². The highest BCUT2D eigenvalue weighted by Gasteiger charge is 2.26. The van der Waals surface area contributed by atoms with E-state index in [4.69, 9.17) is 0 Å². The molecule has 0 aliphatic carbocycles. The van der Waals surface area contributed by atoms with Crippen LogP contribution in [0.4, 0.5) is 0 Å². The minimum atomic E-state index is -3.10. The van der Waals surface area contributed by atoms with E-state index >= 15 is 0 Å². The Morgan fingerprint density at radius 1 is 1.71 bits per heavy atom. The molecule has 0 saturated heterocycles. The first-order chi connectivity index (χ1) is 6.44. The Morgan fingerprint density at radius 2 is 2.36 bits per heavy atom. The highest BCUT2D eigenvalue weighted by Crippen LogP contribution is 2.04. The molecule has 0 spiro atoms. The van der Waals surface area contributed by atoms with E-state index in [1.165, 1.54) is 11.4 Å². The molecular weight excluding hydrogens is 206 g/mol. The molecule has 0 saturated carbocycles. The molecule has 1 heterocycles. The highest BCUT2D eigenvalue weighted by atomic mass is 32.2. The fourth-order valence-electron chi connectivity index (χ4n) is 1.40. The molecular formula is C8H13NO4S. The first kappa shape index (κ1) is 11.2. The summed E-state index contributed by atoms with van der Waals surface area (Å²) in [7, 11) is -3.10. The predicted molar refractivity (Wildman–Crippen MR) is 47.7 cm³/mol. The van der Waals surface area contributed by atoms with Crippen LogP contribution in [0.3, 0.4) is 0 Å². The second-order valence-electron chi connectivity index (χ2n) is 3.35. The zero-order chi connectivity index (χ0) is 10.8. The van der Waals surface area contributed by atoms with Crippen LogP contribution in [0.25, 0.3) is 0 Å². The Balaban J connectivity index is 2.55. The molecule has 0 fully saturated rings. The maximum Gasteiger partial charge on any atom is 0.177 e. The van der Waals surface area contributed by atoms with E-state index in [9.17, 15) is 18.3 Å². The van der Waals surface area contributed by atoms with E-state index < -0.39 is 21.8 Å². The van der Waals surface area contributed by atoms with Crippen molar-refractivity contribution in [2.75, 3.05) is 5.75 Å². The van der Waals surface area contributed by atoms with E-state index in [-0.39, 0.29) is 11.8 Å². The van der Waals surface area contributed by atoms with Gasteiger partial charge in [0.1, 0.15) is 17.8 Å². The number of hydrogen-bond donors (Lipinski definition) is 1. The lowest BCUT2D eigenvalue weighted by molar-refractivity contribution is -0.702. The van der Waals surface area contributed by atoms with Crippen LogP contribution in [0, 0.1) is 0 Å². The lowest BCUT2D eigenvalue weighted by Crippen LogP contribution is -2.97. The monoisotopic (exact) mass is 219 g/mol. The van der Waals surface area contributed by atoms with Gasteiger partial charge in [-0.3, -0.25) is 0 Å². The fourth-order valence-corrected chi connectivity index (χ4v) is 2.71. The zero-order valence-corrected chi connectivity index (χ0v) is 8.66. The second-order valence-corrected chi connectivity index (χ2v) is 5.28. The minimum Gasteiger partial charge on any atom is -0.544 e. The molecule has 0 aromatic rings. The number of carboxylic acid groups (broad SMARTS) is 1. The average Bonchev–Trinajstić information content (AvgIpc) is 2.41. The maximum absolute atomic E-state index is 11.0. The zero-order valence-electron chi connectivity index (χ0n) is 7.84. The van der Waals surface area contributed by atoms with Crippen molar-refractivity contribution in [2.45, 2.75) is 25.4 Å². The Kier molecular flexibility index (Phi) is 3.28. The van der Waals surface area contributed by atoms with Gasteiger partial charge in [-0.1, -0.05) is 6.92 Å². The van der Waals surface area contributed by atoms with Crippen molar-refractivity contribution in [3.63, 3.8) is 0 Å². The van der Waals surface area contributed by atoms with Crippen LogP contribution in [-0.4, -0.2) is 32.2 Å². The van der Waals surface area contributed by atoms with E-state index in [0.717, 1.165) is 5.41 Å². The predicted octanol–water partition coefficient (Wildman–Crippen LogP) is -2.61. The number of nitrogens with two attached hydrogens (primary N) is 1. The van der Waals surface area contributed by atoms with Crippen molar-refractivity contribution in [2.24, 2.45) is 0 Å². The van der Waals surface area contributed by atoms with Crippen molar-refractivity contribution >= 4 is 15.8 Å². The molecule has 1 aliphatic heterocycles. The molecule has 0 amide bonds. The van der Waals surface area contributed by atoms with Gasteiger partial charge in [0.2, 0.25) is 0 Å².